The van der Waals surface area contributed by atoms with E-state index in [0.717, 1.165) is 30.4 Å². The molecule has 2 aromatic rings. The molecule has 2 saturated heterocycles. The number of piperidine rings is 1. The van der Waals surface area contributed by atoms with Crippen LogP contribution < -0.4 is 0 Å². The molecule has 0 unspecified atom stereocenters. The Kier molecular flexibility index (Phi) is 5.28. The molecule has 27 heavy (non-hydrogen) atoms. The second kappa shape index (κ2) is 7.83. The Morgan fingerprint density at radius 3 is 2.15 bits per heavy atom. The zero-order valence-corrected chi connectivity index (χ0v) is 16.0. The van der Waals surface area contributed by atoms with Crippen molar-refractivity contribution in [3.8, 4) is 0 Å². The lowest BCUT2D eigenvalue weighted by molar-refractivity contribution is -0.162. The number of esters is 1. The summed E-state index contributed by atoms with van der Waals surface area (Å²) in [5.74, 6) is -0.397. The summed E-state index contributed by atoms with van der Waals surface area (Å²) in [6.07, 6.45) is 2.69. The van der Waals surface area contributed by atoms with Gasteiger partial charge in [0, 0.05) is 12.1 Å². The van der Waals surface area contributed by atoms with Crippen LogP contribution in [0, 0.1) is 5.92 Å². The Morgan fingerprint density at radius 1 is 1.00 bits per heavy atom. The largest absolute Gasteiger partial charge is 0.469 e. The number of benzene rings is 2. The van der Waals surface area contributed by atoms with Crippen molar-refractivity contribution in [2.45, 2.75) is 43.6 Å². The second-order valence-electron chi connectivity index (χ2n) is 7.62. The van der Waals surface area contributed by atoms with Crippen LogP contribution in [0.25, 0.3) is 0 Å². The second-order valence-corrected chi connectivity index (χ2v) is 7.62. The van der Waals surface area contributed by atoms with Crippen LogP contribution in [0.4, 0.5) is 0 Å². The summed E-state index contributed by atoms with van der Waals surface area (Å²) >= 11 is 0. The van der Waals surface area contributed by atoms with Gasteiger partial charge in [-0.15, -0.1) is 0 Å². The van der Waals surface area contributed by atoms with Gasteiger partial charge in [-0.2, -0.15) is 0 Å². The first-order valence-electron chi connectivity index (χ1n) is 9.74. The van der Waals surface area contributed by atoms with Gasteiger partial charge < -0.3 is 9.47 Å². The van der Waals surface area contributed by atoms with Crippen LogP contribution in [0.5, 0.6) is 0 Å². The van der Waals surface area contributed by atoms with Crippen LogP contribution in [-0.2, 0) is 14.3 Å². The van der Waals surface area contributed by atoms with E-state index in [-0.39, 0.29) is 30.1 Å². The van der Waals surface area contributed by atoms with E-state index in [4.69, 9.17) is 9.47 Å². The van der Waals surface area contributed by atoms with Crippen LogP contribution >= 0.6 is 0 Å². The first-order valence-corrected chi connectivity index (χ1v) is 9.74. The third-order valence-corrected chi connectivity index (χ3v) is 6.20. The minimum absolute atomic E-state index is 0.142. The molecule has 2 aliphatic rings. The molecule has 0 N–H and O–H groups in total. The molecule has 2 aliphatic heterocycles. The highest BCUT2D eigenvalue weighted by atomic mass is 16.5. The third kappa shape index (κ3) is 3.52. The first-order chi connectivity index (χ1) is 13.2. The molecular weight excluding hydrogens is 338 g/mol. The Balaban J connectivity index is 1.66. The fourth-order valence-corrected chi connectivity index (χ4v) is 4.79. The standard InChI is InChI=1S/C23H27NO3/c1-24-18-13-14-19(24)21(23(25)26-2)20(15-18)27-22(16-9-5-3-6-10-16)17-11-7-4-8-12-17/h3-12,18-22H,13-15H2,1-2H3/t18-,19+,20+,21+/m0/s1. The molecular formula is C23H27NO3. The lowest BCUT2D eigenvalue weighted by atomic mass is 9.87. The molecule has 2 fully saturated rings. The number of fused-ring (bicyclic) bond motifs is 2. The van der Waals surface area contributed by atoms with Crippen molar-refractivity contribution in [1.29, 1.82) is 0 Å². The number of hydrogen-bond acceptors (Lipinski definition) is 4. The molecule has 0 radical (unpaired) electrons. The van der Waals surface area contributed by atoms with E-state index in [9.17, 15) is 4.79 Å². The van der Waals surface area contributed by atoms with Crippen molar-refractivity contribution in [1.82, 2.24) is 4.90 Å². The molecule has 4 heteroatoms. The predicted octanol–water partition coefficient (Wildman–Crippen LogP) is 3.82. The normalized spacial score (nSPS) is 27.7. The molecule has 4 rings (SSSR count). The van der Waals surface area contributed by atoms with Gasteiger partial charge in [0.1, 0.15) is 6.10 Å². The van der Waals surface area contributed by atoms with Crippen molar-refractivity contribution in [2.75, 3.05) is 14.2 Å². The van der Waals surface area contributed by atoms with Gasteiger partial charge in [-0.3, -0.25) is 9.69 Å². The molecule has 2 bridgehead atoms. The highest BCUT2D eigenvalue weighted by Gasteiger charge is 2.50. The van der Waals surface area contributed by atoms with E-state index < -0.39 is 0 Å². The monoisotopic (exact) mass is 365 g/mol. The molecule has 0 spiro atoms. The maximum absolute atomic E-state index is 12.6. The average Bonchev–Trinajstić information content (AvgIpc) is 2.96. The van der Waals surface area contributed by atoms with E-state index in [2.05, 4.69) is 36.2 Å². The summed E-state index contributed by atoms with van der Waals surface area (Å²) in [6.45, 7) is 0. The van der Waals surface area contributed by atoms with Crippen molar-refractivity contribution in [3.63, 3.8) is 0 Å². The van der Waals surface area contributed by atoms with Crippen molar-refractivity contribution in [3.05, 3.63) is 71.8 Å². The summed E-state index contributed by atoms with van der Waals surface area (Å²) < 4.78 is 11.9. The van der Waals surface area contributed by atoms with Crippen molar-refractivity contribution in [2.24, 2.45) is 5.92 Å². The van der Waals surface area contributed by atoms with Gasteiger partial charge >= 0.3 is 5.97 Å². The number of carbonyl (C=O) groups is 1. The maximum Gasteiger partial charge on any atom is 0.312 e. The number of nitrogens with zero attached hydrogens (tertiary/aromatic N) is 1. The minimum atomic E-state index is -0.242. The molecule has 0 saturated carbocycles. The van der Waals surface area contributed by atoms with E-state index in [1.165, 1.54) is 7.11 Å². The van der Waals surface area contributed by atoms with Gasteiger partial charge in [0.25, 0.3) is 0 Å². The highest BCUT2D eigenvalue weighted by molar-refractivity contribution is 5.74. The fraction of sp³-hybridized carbons (Fsp3) is 0.435. The highest BCUT2D eigenvalue weighted by Crippen LogP contribution is 2.42. The van der Waals surface area contributed by atoms with E-state index in [0.29, 0.717) is 6.04 Å². The van der Waals surface area contributed by atoms with Crippen LogP contribution in [0.3, 0.4) is 0 Å². The lowest BCUT2D eigenvalue weighted by Gasteiger charge is -2.42. The van der Waals surface area contributed by atoms with E-state index >= 15 is 0 Å². The molecule has 2 aromatic carbocycles. The summed E-state index contributed by atoms with van der Waals surface area (Å²) in [5.41, 5.74) is 2.22. The molecule has 0 amide bonds. The summed E-state index contributed by atoms with van der Waals surface area (Å²) in [5, 5.41) is 0. The van der Waals surface area contributed by atoms with E-state index in [1.54, 1.807) is 0 Å². The third-order valence-electron chi connectivity index (χ3n) is 6.20. The van der Waals surface area contributed by atoms with E-state index in [1.807, 2.05) is 36.4 Å². The summed E-state index contributed by atoms with van der Waals surface area (Å²) in [6, 6.07) is 21.2. The number of methoxy groups -OCH3 is 1. The number of hydrogen-bond donors (Lipinski definition) is 0. The van der Waals surface area contributed by atoms with Gasteiger partial charge in [-0.05, 0) is 37.4 Å². The van der Waals surface area contributed by atoms with Crippen molar-refractivity contribution >= 4 is 5.97 Å². The average molecular weight is 365 g/mol. The molecule has 0 aliphatic carbocycles. The fourth-order valence-electron chi connectivity index (χ4n) is 4.79. The predicted molar refractivity (Wildman–Crippen MR) is 104 cm³/mol. The molecule has 2 heterocycles. The molecule has 142 valence electrons. The first kappa shape index (κ1) is 18.2. The van der Waals surface area contributed by atoms with Crippen LogP contribution in [0.2, 0.25) is 0 Å². The van der Waals surface area contributed by atoms with Crippen LogP contribution in [0.1, 0.15) is 36.5 Å². The Hall–Kier alpha value is -2.17. The quantitative estimate of drug-likeness (QED) is 0.755. The molecule has 0 aromatic heterocycles. The van der Waals surface area contributed by atoms with Crippen LogP contribution in [-0.4, -0.2) is 43.2 Å². The Morgan fingerprint density at radius 2 is 1.59 bits per heavy atom. The van der Waals surface area contributed by atoms with Crippen molar-refractivity contribution < 1.29 is 14.3 Å². The van der Waals surface area contributed by atoms with Gasteiger partial charge in [-0.25, -0.2) is 0 Å². The van der Waals surface area contributed by atoms with Gasteiger partial charge in [0.05, 0.1) is 19.1 Å². The van der Waals surface area contributed by atoms with Gasteiger partial charge in [0.15, 0.2) is 0 Å². The number of carbonyl (C=O) groups excluding carboxylic acids is 1. The van der Waals surface area contributed by atoms with Crippen LogP contribution in [0.15, 0.2) is 60.7 Å². The summed E-state index contributed by atoms with van der Waals surface area (Å²) in [4.78, 5) is 15.0. The topological polar surface area (TPSA) is 38.8 Å². The summed E-state index contributed by atoms with van der Waals surface area (Å²) in [7, 11) is 3.60. The lowest BCUT2D eigenvalue weighted by Crippen LogP contribution is -2.53. The Bertz CT molecular complexity index is 724. The zero-order valence-electron chi connectivity index (χ0n) is 16.0. The zero-order chi connectivity index (χ0) is 18.8. The van der Waals surface area contributed by atoms with Gasteiger partial charge in [-0.1, -0.05) is 60.7 Å². The minimum Gasteiger partial charge on any atom is -0.469 e. The molecule has 4 atom stereocenters. The number of rotatable bonds is 5. The Labute approximate surface area is 161 Å². The SMILES string of the molecule is COC(=O)[C@@H]1[C@H]2CC[C@@H](C[C@H]1OC(c1ccccc1)c1ccccc1)N2C. The molecule has 4 nitrogen and oxygen atoms in total. The van der Waals surface area contributed by atoms with Gasteiger partial charge in [0.2, 0.25) is 0 Å². The number of ether oxygens (including phenoxy) is 2. The maximum atomic E-state index is 12.6. The smallest absolute Gasteiger partial charge is 0.312 e.